The number of halogens is 2. The molecular weight excluding hydrogens is 453 g/mol. The van der Waals surface area contributed by atoms with Gasteiger partial charge in [0.2, 0.25) is 6.17 Å². The van der Waals surface area contributed by atoms with E-state index in [1.165, 1.54) is 0 Å². The Kier molecular flexibility index (Phi) is 6.48. The van der Waals surface area contributed by atoms with Gasteiger partial charge in [-0.05, 0) is 43.5 Å². The molecule has 0 radical (unpaired) electrons. The Balaban J connectivity index is 1.75. The predicted octanol–water partition coefficient (Wildman–Crippen LogP) is 3.26. The molecule has 2 heterocycles. The molecule has 0 spiro atoms. The van der Waals surface area contributed by atoms with E-state index in [0.717, 1.165) is 37.3 Å². The molecule has 31 heavy (non-hydrogen) atoms. The van der Waals surface area contributed by atoms with Crippen LogP contribution in [0.25, 0.3) is 0 Å². The molecule has 1 unspecified atom stereocenters. The predicted molar refractivity (Wildman–Crippen MR) is 131 cm³/mol. The van der Waals surface area contributed by atoms with Gasteiger partial charge in [-0.1, -0.05) is 41.4 Å². The number of carbonyl (C=O) groups is 1. The molecule has 0 aromatic heterocycles. The molecule has 2 aliphatic heterocycles. The fourth-order valence-electron chi connectivity index (χ4n) is 3.73. The van der Waals surface area contributed by atoms with Gasteiger partial charge in [0.1, 0.15) is 0 Å². The van der Waals surface area contributed by atoms with Gasteiger partial charge in [-0.25, -0.2) is 4.99 Å². The normalized spacial score (nSPS) is 19.5. The summed E-state index contributed by atoms with van der Waals surface area (Å²) in [4.78, 5) is 24.1. The highest BCUT2D eigenvalue weighted by Crippen LogP contribution is 2.31. The number of rotatable bonds is 2. The lowest BCUT2D eigenvalue weighted by molar-refractivity contribution is -0.119. The van der Waals surface area contributed by atoms with E-state index in [4.69, 9.17) is 40.4 Å². The van der Waals surface area contributed by atoms with Crippen LogP contribution in [0.4, 0.5) is 5.69 Å². The highest BCUT2D eigenvalue weighted by atomic mass is 35.5. The van der Waals surface area contributed by atoms with Gasteiger partial charge in [0, 0.05) is 54.4 Å². The lowest BCUT2D eigenvalue weighted by Gasteiger charge is -2.35. The van der Waals surface area contributed by atoms with Crippen molar-refractivity contribution in [2.24, 2.45) is 4.99 Å². The SMILES string of the molecule is CN1CCN(C(=S)NC2N=C(c3ccccc3Cl)c3cc(Cl)ccc3N(C)C2=O)CC1. The highest BCUT2D eigenvalue weighted by Gasteiger charge is 2.32. The molecular formula is C22H23Cl2N5OS. The number of hydrogen-bond donors (Lipinski definition) is 1. The van der Waals surface area contributed by atoms with Crippen molar-refractivity contribution in [1.82, 2.24) is 15.1 Å². The van der Waals surface area contributed by atoms with E-state index >= 15 is 0 Å². The summed E-state index contributed by atoms with van der Waals surface area (Å²) in [5.41, 5.74) is 2.78. The fraction of sp³-hybridized carbons (Fsp3) is 0.318. The molecule has 1 fully saturated rings. The minimum Gasteiger partial charge on any atom is -0.347 e. The zero-order chi connectivity index (χ0) is 22.1. The summed E-state index contributed by atoms with van der Waals surface area (Å²) in [6.45, 7) is 3.43. The molecule has 0 bridgehead atoms. The Morgan fingerprint density at radius 2 is 1.77 bits per heavy atom. The second-order valence-corrected chi connectivity index (χ2v) is 8.89. The molecule has 0 saturated carbocycles. The maximum absolute atomic E-state index is 13.3. The number of amides is 1. The van der Waals surface area contributed by atoms with Gasteiger partial charge in [0.15, 0.2) is 5.11 Å². The van der Waals surface area contributed by atoms with Crippen LogP contribution in [-0.2, 0) is 4.79 Å². The van der Waals surface area contributed by atoms with E-state index in [2.05, 4.69) is 22.2 Å². The second-order valence-electron chi connectivity index (χ2n) is 7.66. The zero-order valence-corrected chi connectivity index (χ0v) is 19.6. The largest absolute Gasteiger partial charge is 0.347 e. The van der Waals surface area contributed by atoms with Crippen LogP contribution >= 0.6 is 35.4 Å². The minimum atomic E-state index is -0.880. The Morgan fingerprint density at radius 1 is 1.06 bits per heavy atom. The Bertz CT molecular complexity index is 1050. The number of fused-ring (bicyclic) bond motifs is 1. The van der Waals surface area contributed by atoms with Crippen LogP contribution in [0.1, 0.15) is 11.1 Å². The lowest BCUT2D eigenvalue weighted by atomic mass is 10.00. The molecule has 2 aromatic carbocycles. The van der Waals surface area contributed by atoms with Gasteiger partial charge in [-0.3, -0.25) is 4.79 Å². The number of benzene rings is 2. The Hall–Kier alpha value is -2.19. The van der Waals surface area contributed by atoms with E-state index in [9.17, 15) is 4.79 Å². The smallest absolute Gasteiger partial charge is 0.272 e. The maximum atomic E-state index is 13.3. The van der Waals surface area contributed by atoms with Crippen LogP contribution in [0.5, 0.6) is 0 Å². The van der Waals surface area contributed by atoms with E-state index < -0.39 is 6.17 Å². The van der Waals surface area contributed by atoms with Crippen molar-refractivity contribution in [3.8, 4) is 0 Å². The fourth-order valence-corrected chi connectivity index (χ4v) is 4.42. The standard InChI is InChI=1S/C22H23Cl2N5OS/c1-27-9-11-29(12-10-27)22(31)26-20-21(30)28(2)18-8-7-14(23)13-16(18)19(25-20)15-5-3-4-6-17(15)24/h3-8,13,20H,9-12H2,1-2H3,(H,26,31). The van der Waals surface area contributed by atoms with Crippen LogP contribution in [0.3, 0.4) is 0 Å². The number of anilines is 1. The number of likely N-dealkylation sites (N-methyl/N-ethyl adjacent to an activating group) is 2. The molecule has 2 aromatic rings. The molecule has 2 aliphatic rings. The quantitative estimate of drug-likeness (QED) is 0.675. The molecule has 1 saturated heterocycles. The summed E-state index contributed by atoms with van der Waals surface area (Å²) in [5.74, 6) is -0.206. The third kappa shape index (κ3) is 4.55. The first-order valence-electron chi connectivity index (χ1n) is 9.99. The first-order valence-corrected chi connectivity index (χ1v) is 11.2. The zero-order valence-electron chi connectivity index (χ0n) is 17.3. The van der Waals surface area contributed by atoms with Crippen molar-refractivity contribution in [2.45, 2.75) is 6.17 Å². The third-order valence-electron chi connectivity index (χ3n) is 5.58. The summed E-state index contributed by atoms with van der Waals surface area (Å²) in [5, 5.41) is 4.80. The lowest BCUT2D eigenvalue weighted by Crippen LogP contribution is -2.54. The summed E-state index contributed by atoms with van der Waals surface area (Å²) in [6, 6.07) is 12.8. The van der Waals surface area contributed by atoms with Crippen molar-refractivity contribution >= 4 is 57.8 Å². The van der Waals surface area contributed by atoms with Gasteiger partial charge in [-0.2, -0.15) is 0 Å². The molecule has 0 aliphatic carbocycles. The maximum Gasteiger partial charge on any atom is 0.272 e. The number of piperazine rings is 1. The molecule has 1 amide bonds. The Morgan fingerprint density at radius 3 is 2.48 bits per heavy atom. The van der Waals surface area contributed by atoms with Crippen molar-refractivity contribution < 1.29 is 4.79 Å². The number of hydrogen-bond acceptors (Lipinski definition) is 4. The number of nitrogens with zero attached hydrogens (tertiary/aromatic N) is 4. The van der Waals surface area contributed by atoms with Gasteiger partial charge >= 0.3 is 0 Å². The van der Waals surface area contributed by atoms with E-state index in [0.29, 0.717) is 26.6 Å². The van der Waals surface area contributed by atoms with Crippen molar-refractivity contribution in [3.05, 3.63) is 63.6 Å². The Labute approximate surface area is 197 Å². The molecule has 6 nitrogen and oxygen atoms in total. The van der Waals surface area contributed by atoms with E-state index in [-0.39, 0.29) is 5.91 Å². The second kappa shape index (κ2) is 9.12. The average molecular weight is 476 g/mol. The van der Waals surface area contributed by atoms with Crippen LogP contribution in [0.2, 0.25) is 10.0 Å². The third-order valence-corrected chi connectivity index (χ3v) is 6.52. The van der Waals surface area contributed by atoms with Crippen LogP contribution in [0.15, 0.2) is 47.5 Å². The molecule has 4 rings (SSSR count). The van der Waals surface area contributed by atoms with Crippen molar-refractivity contribution in [3.63, 3.8) is 0 Å². The molecule has 9 heteroatoms. The van der Waals surface area contributed by atoms with Gasteiger partial charge < -0.3 is 20.0 Å². The number of thiocarbonyl (C=S) groups is 1. The first-order chi connectivity index (χ1) is 14.8. The molecule has 1 N–H and O–H groups in total. The van der Waals surface area contributed by atoms with E-state index in [1.807, 2.05) is 30.3 Å². The van der Waals surface area contributed by atoms with Crippen molar-refractivity contribution in [1.29, 1.82) is 0 Å². The van der Waals surface area contributed by atoms with Gasteiger partial charge in [-0.15, -0.1) is 0 Å². The van der Waals surface area contributed by atoms with Crippen LogP contribution in [-0.4, -0.2) is 73.0 Å². The average Bonchev–Trinajstić information content (AvgIpc) is 2.85. The minimum absolute atomic E-state index is 0.206. The first kappa shape index (κ1) is 22.0. The highest BCUT2D eigenvalue weighted by molar-refractivity contribution is 7.80. The number of nitrogens with one attached hydrogen (secondary N) is 1. The van der Waals surface area contributed by atoms with Crippen molar-refractivity contribution in [2.75, 3.05) is 45.2 Å². The number of benzodiazepines with no additional fused rings is 1. The summed E-state index contributed by atoms with van der Waals surface area (Å²) in [6.07, 6.45) is -0.880. The number of aliphatic imine (C=N–C) groups is 1. The summed E-state index contributed by atoms with van der Waals surface area (Å²) < 4.78 is 0. The molecule has 1 atom stereocenters. The number of carbonyl (C=O) groups excluding carboxylic acids is 1. The monoisotopic (exact) mass is 475 g/mol. The topological polar surface area (TPSA) is 51.2 Å². The molecule has 162 valence electrons. The van der Waals surface area contributed by atoms with E-state index in [1.54, 1.807) is 24.1 Å². The van der Waals surface area contributed by atoms with Gasteiger partial charge in [0.05, 0.1) is 11.4 Å². The summed E-state index contributed by atoms with van der Waals surface area (Å²) in [7, 11) is 3.81. The van der Waals surface area contributed by atoms with Gasteiger partial charge in [0.25, 0.3) is 5.91 Å². The van der Waals surface area contributed by atoms with Crippen LogP contribution in [0, 0.1) is 0 Å². The summed E-state index contributed by atoms with van der Waals surface area (Å²) >= 11 is 18.4. The van der Waals surface area contributed by atoms with Crippen LogP contribution < -0.4 is 10.2 Å².